The summed E-state index contributed by atoms with van der Waals surface area (Å²) in [7, 11) is 4.00. The normalized spacial score (nSPS) is 11.3. The average molecular weight is 209 g/mol. The Morgan fingerprint density at radius 3 is 2.29 bits per heavy atom. The lowest BCUT2D eigenvalue weighted by molar-refractivity contribution is -0.464. The van der Waals surface area contributed by atoms with Gasteiger partial charge in [-0.2, -0.15) is 0 Å². The van der Waals surface area contributed by atoms with Crippen molar-refractivity contribution in [3.63, 3.8) is 0 Å². The molecule has 0 radical (unpaired) electrons. The second-order valence-electron chi connectivity index (χ2n) is 3.39. The smallest absolute Gasteiger partial charge is 0.173 e. The predicted octanol–water partition coefficient (Wildman–Crippen LogP) is 3.00. The molecule has 0 unspecified atom stereocenters. The van der Waals surface area contributed by atoms with Gasteiger partial charge in [-0.1, -0.05) is 41.9 Å². The Hall–Kier alpha value is -1.08. The second kappa shape index (κ2) is 4.97. The molecule has 0 saturated carbocycles. The first-order valence-corrected chi connectivity index (χ1v) is 4.92. The summed E-state index contributed by atoms with van der Waals surface area (Å²) in [6.07, 6.45) is 1.97. The zero-order valence-corrected chi connectivity index (χ0v) is 9.55. The first-order chi connectivity index (χ1) is 6.61. The summed E-state index contributed by atoms with van der Waals surface area (Å²) in [5.41, 5.74) is 2.19. The van der Waals surface area contributed by atoms with Crippen molar-refractivity contribution in [3.05, 3.63) is 42.0 Å². The molecule has 0 N–H and O–H groups in total. The van der Waals surface area contributed by atoms with Gasteiger partial charge in [0.15, 0.2) is 5.71 Å². The third kappa shape index (κ3) is 3.00. The molecule has 1 aromatic carbocycles. The summed E-state index contributed by atoms with van der Waals surface area (Å²) >= 11 is 6.16. The van der Waals surface area contributed by atoms with Crippen LogP contribution in [-0.4, -0.2) is 24.4 Å². The molecule has 0 aliphatic carbocycles. The fourth-order valence-corrected chi connectivity index (χ4v) is 1.28. The number of hydrogen-bond acceptors (Lipinski definition) is 0. The quantitative estimate of drug-likeness (QED) is 0.519. The van der Waals surface area contributed by atoms with Gasteiger partial charge in [-0.15, -0.1) is 0 Å². The second-order valence-corrected chi connectivity index (χ2v) is 3.80. The maximum Gasteiger partial charge on any atom is 0.173 e. The molecule has 2 heteroatoms. The van der Waals surface area contributed by atoms with Crippen LogP contribution in [0.25, 0.3) is 5.03 Å². The van der Waals surface area contributed by atoms with Crippen LogP contribution in [0.2, 0.25) is 0 Å². The van der Waals surface area contributed by atoms with E-state index in [1.807, 2.05) is 62.0 Å². The van der Waals surface area contributed by atoms with Crippen molar-refractivity contribution in [2.24, 2.45) is 0 Å². The minimum Gasteiger partial charge on any atom is -0.239 e. The average Bonchev–Trinajstić information content (AvgIpc) is 2.19. The number of rotatable bonds is 2. The van der Waals surface area contributed by atoms with Crippen molar-refractivity contribution in [2.45, 2.75) is 6.92 Å². The van der Waals surface area contributed by atoms with Gasteiger partial charge in [0.2, 0.25) is 0 Å². The molecule has 1 rings (SSSR count). The first-order valence-electron chi connectivity index (χ1n) is 4.55. The summed E-state index contributed by atoms with van der Waals surface area (Å²) in [6, 6.07) is 9.95. The van der Waals surface area contributed by atoms with E-state index in [0.717, 1.165) is 16.3 Å². The van der Waals surface area contributed by atoms with E-state index in [-0.39, 0.29) is 0 Å². The van der Waals surface area contributed by atoms with Crippen LogP contribution in [0, 0.1) is 0 Å². The topological polar surface area (TPSA) is 3.01 Å². The summed E-state index contributed by atoms with van der Waals surface area (Å²) in [6.45, 7) is 2.03. The molecule has 74 valence electrons. The van der Waals surface area contributed by atoms with Gasteiger partial charge in [0.25, 0.3) is 0 Å². The highest BCUT2D eigenvalue weighted by atomic mass is 35.5. The van der Waals surface area contributed by atoms with Crippen LogP contribution in [-0.2, 0) is 0 Å². The standard InChI is InChI=1S/C12H15ClN/c1-10(14(2)3)9-12(13)11-7-5-4-6-8-11/h4-9H,1-3H3/q+1. The van der Waals surface area contributed by atoms with E-state index in [1.54, 1.807) is 0 Å². The molecule has 1 nitrogen and oxygen atoms in total. The number of hydrogen-bond donors (Lipinski definition) is 0. The van der Waals surface area contributed by atoms with Crippen molar-refractivity contribution < 1.29 is 4.58 Å². The molecule has 0 fully saturated rings. The third-order valence-electron chi connectivity index (χ3n) is 2.09. The molecule has 1 aromatic rings. The van der Waals surface area contributed by atoms with Gasteiger partial charge in [0.1, 0.15) is 14.1 Å². The molecule has 0 aliphatic heterocycles. The lowest BCUT2D eigenvalue weighted by Gasteiger charge is -1.97. The highest BCUT2D eigenvalue weighted by Crippen LogP contribution is 2.17. The van der Waals surface area contributed by atoms with E-state index >= 15 is 0 Å². The maximum absolute atomic E-state index is 6.16. The highest BCUT2D eigenvalue weighted by molar-refractivity contribution is 6.50. The minimum atomic E-state index is 0.775. The van der Waals surface area contributed by atoms with Crippen LogP contribution in [0.3, 0.4) is 0 Å². The van der Waals surface area contributed by atoms with Crippen LogP contribution in [0.4, 0.5) is 0 Å². The number of halogens is 1. The van der Waals surface area contributed by atoms with E-state index in [4.69, 9.17) is 11.6 Å². The fraction of sp³-hybridized carbons (Fsp3) is 0.250. The van der Waals surface area contributed by atoms with Crippen molar-refractivity contribution in [3.8, 4) is 0 Å². The predicted molar refractivity (Wildman–Crippen MR) is 63.1 cm³/mol. The Morgan fingerprint density at radius 1 is 1.21 bits per heavy atom. The van der Waals surface area contributed by atoms with E-state index in [0.29, 0.717) is 0 Å². The van der Waals surface area contributed by atoms with Crippen molar-refractivity contribution in [2.75, 3.05) is 14.1 Å². The van der Waals surface area contributed by atoms with Gasteiger partial charge in [-0.3, -0.25) is 0 Å². The third-order valence-corrected chi connectivity index (χ3v) is 2.42. The SMILES string of the molecule is CC(C=C(Cl)c1ccccc1)=[N+](C)C. The van der Waals surface area contributed by atoms with Gasteiger partial charge < -0.3 is 0 Å². The van der Waals surface area contributed by atoms with E-state index in [2.05, 4.69) is 0 Å². The molecule has 0 aromatic heterocycles. The Bertz CT molecular complexity index is 359. The first kappa shape index (κ1) is 11.0. The van der Waals surface area contributed by atoms with Gasteiger partial charge in [-0.25, -0.2) is 4.58 Å². The molecule has 0 spiro atoms. The van der Waals surface area contributed by atoms with Crippen LogP contribution in [0.1, 0.15) is 12.5 Å². The van der Waals surface area contributed by atoms with Gasteiger partial charge in [-0.05, 0) is 5.56 Å². The van der Waals surface area contributed by atoms with Gasteiger partial charge in [0.05, 0.1) is 5.03 Å². The summed E-state index contributed by atoms with van der Waals surface area (Å²) in [5, 5.41) is 0.775. The van der Waals surface area contributed by atoms with E-state index in [9.17, 15) is 0 Å². The molecule has 14 heavy (non-hydrogen) atoms. The van der Waals surface area contributed by atoms with Crippen molar-refractivity contribution >= 4 is 22.3 Å². The molecular formula is C12H15ClN+. The summed E-state index contributed by atoms with van der Waals surface area (Å²) in [5.74, 6) is 0. The number of allylic oxidation sites excluding steroid dienone is 1. The van der Waals surface area contributed by atoms with Crippen LogP contribution >= 0.6 is 11.6 Å². The number of benzene rings is 1. The zero-order valence-electron chi connectivity index (χ0n) is 8.79. The molecule has 0 atom stereocenters. The summed E-state index contributed by atoms with van der Waals surface area (Å²) in [4.78, 5) is 0. The lowest BCUT2D eigenvalue weighted by atomic mass is 10.2. The Balaban J connectivity index is 2.97. The van der Waals surface area contributed by atoms with E-state index in [1.165, 1.54) is 0 Å². The number of nitrogens with zero attached hydrogens (tertiary/aromatic N) is 1. The Kier molecular flexibility index (Phi) is 3.90. The van der Waals surface area contributed by atoms with Crippen molar-refractivity contribution in [1.29, 1.82) is 0 Å². The molecule has 0 amide bonds. The van der Waals surface area contributed by atoms with Gasteiger partial charge in [0, 0.05) is 13.0 Å². The Morgan fingerprint density at radius 2 is 1.79 bits per heavy atom. The van der Waals surface area contributed by atoms with Crippen LogP contribution < -0.4 is 0 Å². The largest absolute Gasteiger partial charge is 0.239 e. The van der Waals surface area contributed by atoms with Gasteiger partial charge >= 0.3 is 0 Å². The Labute approximate surface area is 90.3 Å². The van der Waals surface area contributed by atoms with E-state index < -0.39 is 0 Å². The van der Waals surface area contributed by atoms with Crippen molar-refractivity contribution in [1.82, 2.24) is 0 Å². The molecule has 0 bridgehead atoms. The monoisotopic (exact) mass is 208 g/mol. The molecule has 0 aliphatic rings. The van der Waals surface area contributed by atoms with Crippen LogP contribution in [0.5, 0.6) is 0 Å². The lowest BCUT2D eigenvalue weighted by Crippen LogP contribution is -2.06. The zero-order chi connectivity index (χ0) is 10.6. The molecular weight excluding hydrogens is 194 g/mol. The van der Waals surface area contributed by atoms with Crippen LogP contribution in [0.15, 0.2) is 36.4 Å². The minimum absolute atomic E-state index is 0.775. The summed E-state index contributed by atoms with van der Waals surface area (Å²) < 4.78 is 2.03. The molecule has 0 saturated heterocycles. The molecule has 0 heterocycles. The highest BCUT2D eigenvalue weighted by Gasteiger charge is 2.00. The fourth-order valence-electron chi connectivity index (χ4n) is 0.993. The maximum atomic E-state index is 6.16.